The number of carboxylic acids is 1. The van der Waals surface area contributed by atoms with Crippen molar-refractivity contribution in [2.75, 3.05) is 0 Å². The molecule has 2 rings (SSSR count). The molecule has 1 aromatic carbocycles. The molecule has 0 aromatic heterocycles. The number of carbonyl (C=O) groups is 1. The normalized spacial score (nSPS) is 18.5. The molecule has 116 valence electrons. The average molecular weight is 323 g/mol. The molecule has 3 nitrogen and oxygen atoms in total. The molecule has 0 aliphatic heterocycles. The molecule has 2 N–H and O–H groups in total. The van der Waals surface area contributed by atoms with E-state index in [-0.39, 0.29) is 18.4 Å². The molecule has 21 heavy (non-hydrogen) atoms. The predicted molar refractivity (Wildman–Crippen MR) is 70.5 cm³/mol. The van der Waals surface area contributed by atoms with E-state index in [9.17, 15) is 28.2 Å². The van der Waals surface area contributed by atoms with Crippen LogP contribution in [-0.4, -0.2) is 16.2 Å². The maximum atomic E-state index is 12.9. The van der Waals surface area contributed by atoms with Gasteiger partial charge in [-0.3, -0.25) is 4.79 Å². The summed E-state index contributed by atoms with van der Waals surface area (Å²) in [5, 5.41) is 19.0. The number of hydrogen-bond acceptors (Lipinski definition) is 2. The van der Waals surface area contributed by atoms with Gasteiger partial charge in [-0.05, 0) is 25.0 Å². The summed E-state index contributed by atoms with van der Waals surface area (Å²) >= 11 is 5.67. The Morgan fingerprint density at radius 2 is 1.76 bits per heavy atom. The Bertz CT molecular complexity index is 563. The number of carboxylic acid groups (broad SMARTS) is 1. The molecule has 0 atom stereocenters. The van der Waals surface area contributed by atoms with Crippen LogP contribution in [0.25, 0.3) is 0 Å². The van der Waals surface area contributed by atoms with Crippen molar-refractivity contribution >= 4 is 17.6 Å². The Morgan fingerprint density at radius 1 is 1.19 bits per heavy atom. The zero-order valence-electron chi connectivity index (χ0n) is 11.0. The van der Waals surface area contributed by atoms with Gasteiger partial charge in [0.2, 0.25) is 0 Å². The minimum absolute atomic E-state index is 0.188. The minimum Gasteiger partial charge on any atom is -0.506 e. The van der Waals surface area contributed by atoms with Gasteiger partial charge in [-0.2, -0.15) is 13.2 Å². The van der Waals surface area contributed by atoms with E-state index in [2.05, 4.69) is 0 Å². The monoisotopic (exact) mass is 322 g/mol. The van der Waals surface area contributed by atoms with Crippen LogP contribution < -0.4 is 0 Å². The van der Waals surface area contributed by atoms with E-state index in [1.165, 1.54) is 0 Å². The Balaban J connectivity index is 2.65. The molecule has 7 heteroatoms. The molecule has 1 aliphatic rings. The molecular weight excluding hydrogens is 309 g/mol. The van der Waals surface area contributed by atoms with Crippen molar-refractivity contribution in [3.8, 4) is 5.75 Å². The summed E-state index contributed by atoms with van der Waals surface area (Å²) in [4.78, 5) is 11.7. The lowest BCUT2D eigenvalue weighted by Gasteiger charge is -2.34. The van der Waals surface area contributed by atoms with Gasteiger partial charge in [-0.15, -0.1) is 0 Å². The van der Waals surface area contributed by atoms with E-state index < -0.39 is 33.9 Å². The van der Waals surface area contributed by atoms with E-state index in [1.807, 2.05) is 0 Å². The number of benzene rings is 1. The van der Waals surface area contributed by atoms with Crippen molar-refractivity contribution in [1.82, 2.24) is 0 Å². The lowest BCUT2D eigenvalue weighted by atomic mass is 9.69. The first-order chi connectivity index (χ1) is 9.68. The standard InChI is InChI=1S/C14H14ClF3O3/c15-10-7-8(14(16,17)18)6-9(11(10)19)13(12(20)21)4-2-1-3-5-13/h6-7,19H,1-5H2,(H,20,21). The van der Waals surface area contributed by atoms with Gasteiger partial charge in [0.1, 0.15) is 5.75 Å². The number of halogens is 4. The zero-order valence-corrected chi connectivity index (χ0v) is 11.8. The first-order valence-electron chi connectivity index (χ1n) is 6.52. The number of aromatic hydroxyl groups is 1. The van der Waals surface area contributed by atoms with Gasteiger partial charge in [-0.1, -0.05) is 30.9 Å². The van der Waals surface area contributed by atoms with Crippen molar-refractivity contribution in [2.24, 2.45) is 0 Å². The average Bonchev–Trinajstić information content (AvgIpc) is 2.41. The van der Waals surface area contributed by atoms with E-state index in [1.54, 1.807) is 0 Å². The maximum Gasteiger partial charge on any atom is 0.416 e. The molecule has 0 amide bonds. The zero-order chi connectivity index (χ0) is 15.8. The summed E-state index contributed by atoms with van der Waals surface area (Å²) in [5.74, 6) is -1.80. The highest BCUT2D eigenvalue weighted by Gasteiger charge is 2.45. The summed E-state index contributed by atoms with van der Waals surface area (Å²) in [5.41, 5.74) is -2.80. The highest BCUT2D eigenvalue weighted by molar-refractivity contribution is 6.32. The van der Waals surface area contributed by atoms with Crippen LogP contribution in [0.15, 0.2) is 12.1 Å². The second-order valence-electron chi connectivity index (χ2n) is 5.30. The molecule has 0 saturated heterocycles. The Hall–Kier alpha value is -1.43. The van der Waals surface area contributed by atoms with Crippen LogP contribution in [0.2, 0.25) is 5.02 Å². The largest absolute Gasteiger partial charge is 0.506 e. The van der Waals surface area contributed by atoms with Crippen molar-refractivity contribution in [1.29, 1.82) is 0 Å². The SMILES string of the molecule is O=C(O)C1(c2cc(C(F)(F)F)cc(Cl)c2O)CCCCC1. The quantitative estimate of drug-likeness (QED) is 0.851. The first-order valence-corrected chi connectivity index (χ1v) is 6.90. The Kier molecular flexibility index (Phi) is 4.10. The van der Waals surface area contributed by atoms with Crippen LogP contribution in [-0.2, 0) is 16.4 Å². The number of rotatable bonds is 2. The van der Waals surface area contributed by atoms with E-state index >= 15 is 0 Å². The van der Waals surface area contributed by atoms with Gasteiger partial charge in [0.15, 0.2) is 0 Å². The fourth-order valence-electron chi connectivity index (χ4n) is 2.88. The number of phenols is 1. The van der Waals surface area contributed by atoms with Gasteiger partial charge in [0, 0.05) is 5.56 Å². The molecule has 0 bridgehead atoms. The highest BCUT2D eigenvalue weighted by atomic mass is 35.5. The number of phenolic OH excluding ortho intramolecular Hbond substituents is 1. The molecule has 1 saturated carbocycles. The fourth-order valence-corrected chi connectivity index (χ4v) is 3.10. The summed E-state index contributed by atoms with van der Waals surface area (Å²) in [7, 11) is 0. The van der Waals surface area contributed by atoms with E-state index in [0.717, 1.165) is 6.42 Å². The lowest BCUT2D eigenvalue weighted by molar-refractivity contribution is -0.146. The summed E-state index contributed by atoms with van der Waals surface area (Å²) in [6.07, 6.45) is -2.29. The van der Waals surface area contributed by atoms with Crippen LogP contribution in [0.5, 0.6) is 5.75 Å². The molecule has 0 heterocycles. The Morgan fingerprint density at radius 3 is 2.24 bits per heavy atom. The molecule has 1 fully saturated rings. The summed E-state index contributed by atoms with van der Waals surface area (Å²) in [6, 6.07) is 1.32. The second-order valence-corrected chi connectivity index (χ2v) is 5.71. The third kappa shape index (κ3) is 2.81. The van der Waals surface area contributed by atoms with E-state index in [4.69, 9.17) is 11.6 Å². The maximum absolute atomic E-state index is 12.9. The number of hydrogen-bond donors (Lipinski definition) is 2. The summed E-state index contributed by atoms with van der Waals surface area (Å²) < 4.78 is 38.7. The number of aliphatic carboxylic acids is 1. The van der Waals surface area contributed by atoms with Crippen molar-refractivity contribution in [3.63, 3.8) is 0 Å². The predicted octanol–water partition coefficient (Wildman–Crippen LogP) is 4.35. The summed E-state index contributed by atoms with van der Waals surface area (Å²) in [6.45, 7) is 0. The smallest absolute Gasteiger partial charge is 0.416 e. The van der Waals surface area contributed by atoms with Crippen molar-refractivity contribution < 1.29 is 28.2 Å². The first kappa shape index (κ1) is 15.9. The third-order valence-electron chi connectivity index (χ3n) is 4.02. The van der Waals surface area contributed by atoms with Gasteiger partial charge >= 0.3 is 12.1 Å². The molecule has 0 unspecified atom stereocenters. The van der Waals surface area contributed by atoms with Crippen LogP contribution in [0, 0.1) is 0 Å². The van der Waals surface area contributed by atoms with Gasteiger partial charge in [0.25, 0.3) is 0 Å². The van der Waals surface area contributed by atoms with Crippen LogP contribution in [0.3, 0.4) is 0 Å². The molecule has 1 aromatic rings. The number of alkyl halides is 3. The van der Waals surface area contributed by atoms with Crippen LogP contribution in [0.4, 0.5) is 13.2 Å². The van der Waals surface area contributed by atoms with Crippen molar-refractivity contribution in [2.45, 2.75) is 43.7 Å². The third-order valence-corrected chi connectivity index (χ3v) is 4.31. The highest BCUT2D eigenvalue weighted by Crippen LogP contribution is 2.47. The van der Waals surface area contributed by atoms with Gasteiger partial charge in [-0.25, -0.2) is 0 Å². The van der Waals surface area contributed by atoms with Crippen LogP contribution >= 0.6 is 11.6 Å². The van der Waals surface area contributed by atoms with Gasteiger partial charge in [0.05, 0.1) is 16.0 Å². The molecule has 1 aliphatic carbocycles. The fraction of sp³-hybridized carbons (Fsp3) is 0.500. The lowest BCUT2D eigenvalue weighted by Crippen LogP contribution is -2.38. The second kappa shape index (κ2) is 5.40. The molecular formula is C14H14ClF3O3. The van der Waals surface area contributed by atoms with Gasteiger partial charge < -0.3 is 10.2 Å². The molecule has 0 spiro atoms. The minimum atomic E-state index is -4.65. The topological polar surface area (TPSA) is 57.5 Å². The van der Waals surface area contributed by atoms with Crippen LogP contribution in [0.1, 0.15) is 43.2 Å². The Labute approximate surface area is 124 Å². The molecule has 0 radical (unpaired) electrons. The van der Waals surface area contributed by atoms with Crippen molar-refractivity contribution in [3.05, 3.63) is 28.3 Å². The van der Waals surface area contributed by atoms with E-state index in [0.29, 0.717) is 25.0 Å².